The number of aromatic nitrogens is 2. The normalized spacial score (nSPS) is 20.8. The van der Waals surface area contributed by atoms with E-state index in [0.717, 1.165) is 32.0 Å². The van der Waals surface area contributed by atoms with Gasteiger partial charge in [0.2, 0.25) is 0 Å². The van der Waals surface area contributed by atoms with Gasteiger partial charge < -0.3 is 14.9 Å². The van der Waals surface area contributed by atoms with Gasteiger partial charge in [-0.15, -0.1) is 10.2 Å². The first-order valence-electron chi connectivity index (χ1n) is 8.42. The summed E-state index contributed by atoms with van der Waals surface area (Å²) >= 11 is 0. The summed E-state index contributed by atoms with van der Waals surface area (Å²) in [5, 5.41) is 17.8. The molecule has 1 N–H and O–H groups in total. The van der Waals surface area contributed by atoms with Crippen LogP contribution in [0, 0.1) is 0 Å². The molecule has 2 fully saturated rings. The Morgan fingerprint density at radius 1 is 1.13 bits per heavy atom. The molecular weight excluding hydrogens is 294 g/mol. The molecule has 23 heavy (non-hydrogen) atoms. The maximum atomic E-state index is 12.5. The summed E-state index contributed by atoms with van der Waals surface area (Å²) in [7, 11) is 0. The first kappa shape index (κ1) is 16.1. The molecule has 7 heteroatoms. The molecule has 1 amide bonds. The third kappa shape index (κ3) is 3.97. The standard InChI is InChI=1S/C16H25N5O2/c1-13(22)12-19-8-10-21(11-9-19)16(23)14-4-5-15(18-17-14)20-6-2-3-7-20/h4-5,13,22H,2-3,6-12H2,1H3. The Labute approximate surface area is 136 Å². The summed E-state index contributed by atoms with van der Waals surface area (Å²) < 4.78 is 0. The van der Waals surface area contributed by atoms with Crippen molar-refractivity contribution < 1.29 is 9.90 Å². The summed E-state index contributed by atoms with van der Waals surface area (Å²) in [5.41, 5.74) is 0.414. The van der Waals surface area contributed by atoms with Crippen molar-refractivity contribution in [3.8, 4) is 0 Å². The maximum absolute atomic E-state index is 12.5. The zero-order valence-electron chi connectivity index (χ0n) is 13.7. The van der Waals surface area contributed by atoms with Crippen LogP contribution in [0.1, 0.15) is 30.3 Å². The van der Waals surface area contributed by atoms with E-state index >= 15 is 0 Å². The Bertz CT molecular complexity index is 520. The summed E-state index contributed by atoms with van der Waals surface area (Å²) in [5.74, 6) is 0.808. The number of aliphatic hydroxyl groups excluding tert-OH is 1. The van der Waals surface area contributed by atoms with Crippen molar-refractivity contribution in [2.24, 2.45) is 0 Å². The molecule has 126 valence electrons. The number of β-amino-alcohol motifs (C(OH)–C–C–N with tert-alkyl or cyclic N) is 1. The van der Waals surface area contributed by atoms with Gasteiger partial charge in [-0.1, -0.05) is 0 Å². The van der Waals surface area contributed by atoms with Crippen LogP contribution in [0.25, 0.3) is 0 Å². The molecule has 0 aromatic carbocycles. The molecule has 1 unspecified atom stereocenters. The smallest absolute Gasteiger partial charge is 0.274 e. The molecular formula is C16H25N5O2. The molecule has 3 heterocycles. The molecule has 0 saturated carbocycles. The Morgan fingerprint density at radius 3 is 2.39 bits per heavy atom. The highest BCUT2D eigenvalue weighted by Gasteiger charge is 2.24. The zero-order chi connectivity index (χ0) is 16.2. The van der Waals surface area contributed by atoms with Crippen LogP contribution in [0.5, 0.6) is 0 Å². The van der Waals surface area contributed by atoms with Crippen LogP contribution in [-0.2, 0) is 0 Å². The molecule has 3 rings (SSSR count). The first-order valence-corrected chi connectivity index (χ1v) is 8.42. The van der Waals surface area contributed by atoms with Crippen LogP contribution in [-0.4, -0.2) is 82.9 Å². The van der Waals surface area contributed by atoms with E-state index in [4.69, 9.17) is 0 Å². The predicted octanol–water partition coefficient (Wildman–Crippen LogP) is 0.215. The fourth-order valence-electron chi connectivity index (χ4n) is 3.22. The Balaban J connectivity index is 1.56. The third-order valence-electron chi connectivity index (χ3n) is 4.48. The highest BCUT2D eigenvalue weighted by Crippen LogP contribution is 2.17. The Morgan fingerprint density at radius 2 is 1.83 bits per heavy atom. The maximum Gasteiger partial charge on any atom is 0.274 e. The van der Waals surface area contributed by atoms with Gasteiger partial charge in [-0.3, -0.25) is 9.69 Å². The van der Waals surface area contributed by atoms with Crippen molar-refractivity contribution in [2.75, 3.05) is 50.7 Å². The van der Waals surface area contributed by atoms with Crippen molar-refractivity contribution >= 4 is 11.7 Å². The number of nitrogens with zero attached hydrogens (tertiary/aromatic N) is 5. The van der Waals surface area contributed by atoms with Gasteiger partial charge in [-0.25, -0.2) is 0 Å². The van der Waals surface area contributed by atoms with Gasteiger partial charge in [-0.05, 0) is 31.9 Å². The lowest BCUT2D eigenvalue weighted by Crippen LogP contribution is -2.50. The molecule has 2 saturated heterocycles. The van der Waals surface area contributed by atoms with Crippen LogP contribution in [0.15, 0.2) is 12.1 Å². The van der Waals surface area contributed by atoms with Gasteiger partial charge in [0.1, 0.15) is 0 Å². The van der Waals surface area contributed by atoms with E-state index in [0.29, 0.717) is 25.3 Å². The number of hydrogen-bond acceptors (Lipinski definition) is 6. The van der Waals surface area contributed by atoms with Crippen LogP contribution in [0.2, 0.25) is 0 Å². The fourth-order valence-corrected chi connectivity index (χ4v) is 3.22. The molecule has 0 bridgehead atoms. The van der Waals surface area contributed by atoms with E-state index in [1.54, 1.807) is 13.0 Å². The van der Waals surface area contributed by atoms with Crippen LogP contribution in [0.3, 0.4) is 0 Å². The monoisotopic (exact) mass is 319 g/mol. The molecule has 2 aliphatic rings. The molecule has 0 aliphatic carbocycles. The molecule has 1 aromatic heterocycles. The minimum Gasteiger partial charge on any atom is -0.392 e. The van der Waals surface area contributed by atoms with Gasteiger partial charge in [0.25, 0.3) is 5.91 Å². The predicted molar refractivity (Wildman–Crippen MR) is 87.5 cm³/mol. The highest BCUT2D eigenvalue weighted by molar-refractivity contribution is 5.92. The average molecular weight is 319 g/mol. The van der Waals surface area contributed by atoms with Crippen molar-refractivity contribution in [3.63, 3.8) is 0 Å². The number of aliphatic hydroxyl groups is 1. The molecule has 1 atom stereocenters. The van der Waals surface area contributed by atoms with E-state index < -0.39 is 0 Å². The number of anilines is 1. The number of carbonyl (C=O) groups is 1. The third-order valence-corrected chi connectivity index (χ3v) is 4.48. The van der Waals surface area contributed by atoms with Crippen LogP contribution in [0.4, 0.5) is 5.82 Å². The number of rotatable bonds is 4. The summed E-state index contributed by atoms with van der Waals surface area (Å²) in [6.45, 7) is 7.40. The van der Waals surface area contributed by atoms with Crippen LogP contribution < -0.4 is 4.90 Å². The van der Waals surface area contributed by atoms with Gasteiger partial charge >= 0.3 is 0 Å². The lowest BCUT2D eigenvalue weighted by Gasteiger charge is -2.35. The number of carbonyl (C=O) groups excluding carboxylic acids is 1. The molecule has 1 aromatic rings. The van der Waals surface area contributed by atoms with Crippen molar-refractivity contribution in [2.45, 2.75) is 25.9 Å². The van der Waals surface area contributed by atoms with E-state index in [1.165, 1.54) is 12.8 Å². The summed E-state index contributed by atoms with van der Waals surface area (Å²) in [6, 6.07) is 3.68. The lowest BCUT2D eigenvalue weighted by molar-refractivity contribution is 0.0548. The summed E-state index contributed by atoms with van der Waals surface area (Å²) in [6.07, 6.45) is 2.05. The molecule has 2 aliphatic heterocycles. The quantitative estimate of drug-likeness (QED) is 0.856. The van der Waals surface area contributed by atoms with Crippen LogP contribution >= 0.6 is 0 Å². The average Bonchev–Trinajstić information content (AvgIpc) is 3.09. The van der Waals surface area contributed by atoms with Gasteiger partial charge in [0, 0.05) is 45.8 Å². The second-order valence-electron chi connectivity index (χ2n) is 6.41. The lowest BCUT2D eigenvalue weighted by atomic mass is 10.2. The minimum atomic E-state index is -0.332. The molecule has 7 nitrogen and oxygen atoms in total. The largest absolute Gasteiger partial charge is 0.392 e. The van der Waals surface area contributed by atoms with E-state index in [-0.39, 0.29) is 12.0 Å². The SMILES string of the molecule is CC(O)CN1CCN(C(=O)c2ccc(N3CCCC3)nn2)CC1. The van der Waals surface area contributed by atoms with E-state index in [2.05, 4.69) is 20.0 Å². The van der Waals surface area contributed by atoms with Crippen molar-refractivity contribution in [3.05, 3.63) is 17.8 Å². The second kappa shape index (κ2) is 7.23. The number of hydrogen-bond donors (Lipinski definition) is 1. The molecule has 0 radical (unpaired) electrons. The minimum absolute atomic E-state index is 0.0535. The van der Waals surface area contributed by atoms with Gasteiger partial charge in [-0.2, -0.15) is 0 Å². The number of amides is 1. The fraction of sp³-hybridized carbons (Fsp3) is 0.688. The Hall–Kier alpha value is -1.73. The van der Waals surface area contributed by atoms with Gasteiger partial charge in [0.05, 0.1) is 6.10 Å². The van der Waals surface area contributed by atoms with Gasteiger partial charge in [0.15, 0.2) is 11.5 Å². The van der Waals surface area contributed by atoms with E-state index in [1.807, 2.05) is 11.0 Å². The zero-order valence-corrected chi connectivity index (χ0v) is 13.7. The topological polar surface area (TPSA) is 72.8 Å². The first-order chi connectivity index (χ1) is 11.1. The van der Waals surface area contributed by atoms with E-state index in [9.17, 15) is 9.90 Å². The summed E-state index contributed by atoms with van der Waals surface area (Å²) in [4.78, 5) is 18.7. The number of piperazine rings is 1. The second-order valence-corrected chi connectivity index (χ2v) is 6.41. The van der Waals surface area contributed by atoms with Crippen molar-refractivity contribution in [1.82, 2.24) is 20.0 Å². The van der Waals surface area contributed by atoms with Crippen molar-refractivity contribution in [1.29, 1.82) is 0 Å². The Kier molecular flexibility index (Phi) is 5.07. The molecule has 0 spiro atoms. The highest BCUT2D eigenvalue weighted by atomic mass is 16.3.